The third kappa shape index (κ3) is 3.40. The van der Waals surface area contributed by atoms with Gasteiger partial charge in [0.25, 0.3) is 5.91 Å². The fourth-order valence-corrected chi connectivity index (χ4v) is 3.19. The van der Waals surface area contributed by atoms with Crippen LogP contribution in [0.4, 0.5) is 5.69 Å². The molecule has 2 N–H and O–H groups in total. The zero-order valence-electron chi connectivity index (χ0n) is 13.9. The van der Waals surface area contributed by atoms with Crippen LogP contribution in [0, 0.1) is 0 Å². The van der Waals surface area contributed by atoms with Gasteiger partial charge in [0.1, 0.15) is 5.69 Å². The normalized spacial score (nSPS) is 20.8. The Balaban J connectivity index is 2.32. The maximum atomic E-state index is 12.9. The molecule has 5 heteroatoms. The van der Waals surface area contributed by atoms with E-state index in [0.29, 0.717) is 24.5 Å². The van der Waals surface area contributed by atoms with E-state index in [9.17, 15) is 4.79 Å². The molecule has 0 aliphatic carbocycles. The number of carbonyl (C=O) groups is 1. The molecule has 2 heterocycles. The van der Waals surface area contributed by atoms with Crippen molar-refractivity contribution in [2.45, 2.75) is 58.8 Å². The fraction of sp³-hybridized carbons (Fsp3) is 0.688. The predicted octanol–water partition coefficient (Wildman–Crippen LogP) is 2.68. The van der Waals surface area contributed by atoms with E-state index >= 15 is 0 Å². The molecule has 0 bridgehead atoms. The summed E-state index contributed by atoms with van der Waals surface area (Å²) in [5.41, 5.74) is 6.45. The minimum Gasteiger partial charge on any atom is -0.397 e. The molecular formula is C16H27N3O2. The highest BCUT2D eigenvalue weighted by atomic mass is 16.5. The fourth-order valence-electron chi connectivity index (χ4n) is 3.19. The highest BCUT2D eigenvalue weighted by Gasteiger charge is 2.40. The Morgan fingerprint density at radius 2 is 1.76 bits per heavy atom. The van der Waals surface area contributed by atoms with Crippen LogP contribution >= 0.6 is 0 Å². The van der Waals surface area contributed by atoms with Crippen LogP contribution in [0.3, 0.4) is 0 Å². The van der Waals surface area contributed by atoms with Crippen molar-refractivity contribution in [3.8, 4) is 0 Å². The van der Waals surface area contributed by atoms with E-state index in [0.717, 1.165) is 0 Å². The molecule has 1 fully saturated rings. The van der Waals surface area contributed by atoms with Crippen molar-refractivity contribution in [2.75, 3.05) is 18.8 Å². The van der Waals surface area contributed by atoms with Gasteiger partial charge in [0.2, 0.25) is 0 Å². The molecule has 0 spiro atoms. The van der Waals surface area contributed by atoms with Crippen LogP contribution in [-0.2, 0) is 4.74 Å². The number of ether oxygens (including phenoxy) is 1. The van der Waals surface area contributed by atoms with Gasteiger partial charge in [0.15, 0.2) is 0 Å². The highest BCUT2D eigenvalue weighted by Crippen LogP contribution is 2.29. The Kier molecular flexibility index (Phi) is 3.82. The molecule has 0 radical (unpaired) electrons. The molecule has 2 rings (SSSR count). The van der Waals surface area contributed by atoms with Crippen molar-refractivity contribution in [2.24, 2.45) is 0 Å². The lowest BCUT2D eigenvalue weighted by molar-refractivity contribution is -0.171. The summed E-state index contributed by atoms with van der Waals surface area (Å²) in [6, 6.07) is 1.96. The Labute approximate surface area is 127 Å². The van der Waals surface area contributed by atoms with Crippen LogP contribution < -0.4 is 5.73 Å². The summed E-state index contributed by atoms with van der Waals surface area (Å²) in [5.74, 6) is 0.0184. The van der Waals surface area contributed by atoms with Gasteiger partial charge < -0.3 is 19.9 Å². The van der Waals surface area contributed by atoms with Crippen molar-refractivity contribution in [1.29, 1.82) is 0 Å². The molecule has 1 aliphatic rings. The number of hydrogen-bond acceptors (Lipinski definition) is 3. The molecule has 0 aromatic carbocycles. The summed E-state index contributed by atoms with van der Waals surface area (Å²) in [7, 11) is 0. The summed E-state index contributed by atoms with van der Waals surface area (Å²) in [6.07, 6.45) is 1.83. The maximum Gasteiger partial charge on any atom is 0.270 e. The zero-order valence-corrected chi connectivity index (χ0v) is 13.9. The van der Waals surface area contributed by atoms with E-state index in [-0.39, 0.29) is 23.2 Å². The van der Waals surface area contributed by atoms with Gasteiger partial charge in [-0.2, -0.15) is 0 Å². The molecule has 0 unspecified atom stereocenters. The molecule has 1 amide bonds. The monoisotopic (exact) mass is 293 g/mol. The van der Waals surface area contributed by atoms with Gasteiger partial charge in [0, 0.05) is 25.3 Å². The molecule has 1 aromatic rings. The Hall–Kier alpha value is -1.49. The molecule has 21 heavy (non-hydrogen) atoms. The number of carbonyl (C=O) groups excluding carboxylic acids is 1. The number of rotatable bonds is 2. The average Bonchev–Trinajstić information content (AvgIpc) is 2.66. The second-order valence-electron chi connectivity index (χ2n) is 7.44. The SMILES string of the molecule is CC(C)n1cc(N)cc1C(=O)N1CC(C)(C)OC(C)(C)C1. The van der Waals surface area contributed by atoms with Crippen LogP contribution in [0.25, 0.3) is 0 Å². The molecular weight excluding hydrogens is 266 g/mol. The molecule has 1 saturated heterocycles. The van der Waals surface area contributed by atoms with Crippen LogP contribution in [0.2, 0.25) is 0 Å². The Morgan fingerprint density at radius 3 is 2.24 bits per heavy atom. The van der Waals surface area contributed by atoms with Crippen molar-refractivity contribution >= 4 is 11.6 Å². The number of nitrogens with two attached hydrogens (primary N) is 1. The lowest BCUT2D eigenvalue weighted by Gasteiger charge is -2.47. The predicted molar refractivity (Wildman–Crippen MR) is 84.4 cm³/mol. The first-order valence-corrected chi connectivity index (χ1v) is 7.47. The molecule has 1 aromatic heterocycles. The van der Waals surface area contributed by atoms with E-state index in [2.05, 4.69) is 0 Å². The van der Waals surface area contributed by atoms with E-state index in [1.807, 2.05) is 57.2 Å². The minimum absolute atomic E-state index is 0.0184. The van der Waals surface area contributed by atoms with Crippen molar-refractivity contribution in [1.82, 2.24) is 9.47 Å². The first-order chi connectivity index (χ1) is 9.51. The lowest BCUT2D eigenvalue weighted by atomic mass is 9.98. The van der Waals surface area contributed by atoms with Crippen LogP contribution in [-0.4, -0.2) is 39.7 Å². The summed E-state index contributed by atoms with van der Waals surface area (Å²) < 4.78 is 7.97. The number of hydrogen-bond donors (Lipinski definition) is 1. The molecule has 0 saturated carbocycles. The van der Waals surface area contributed by atoms with E-state index in [1.54, 1.807) is 6.07 Å². The summed E-state index contributed by atoms with van der Waals surface area (Å²) in [6.45, 7) is 13.3. The van der Waals surface area contributed by atoms with Gasteiger partial charge in [-0.05, 0) is 47.6 Å². The smallest absolute Gasteiger partial charge is 0.270 e. The number of aromatic nitrogens is 1. The second-order valence-corrected chi connectivity index (χ2v) is 7.44. The lowest BCUT2D eigenvalue weighted by Crippen LogP contribution is -2.58. The van der Waals surface area contributed by atoms with E-state index in [4.69, 9.17) is 10.5 Å². The summed E-state index contributed by atoms with van der Waals surface area (Å²) >= 11 is 0. The standard InChI is InChI=1S/C16H27N3O2/c1-11(2)19-8-12(17)7-13(19)14(20)18-9-15(3,4)21-16(5,6)10-18/h7-8,11H,9-10,17H2,1-6H3. The number of nitrogens with zero attached hydrogens (tertiary/aromatic N) is 2. The van der Waals surface area contributed by atoms with Crippen LogP contribution in [0.1, 0.15) is 58.1 Å². The molecule has 5 nitrogen and oxygen atoms in total. The minimum atomic E-state index is -0.349. The van der Waals surface area contributed by atoms with Gasteiger partial charge in [-0.15, -0.1) is 0 Å². The van der Waals surface area contributed by atoms with Gasteiger partial charge in [-0.3, -0.25) is 4.79 Å². The van der Waals surface area contributed by atoms with Crippen LogP contribution in [0.15, 0.2) is 12.3 Å². The van der Waals surface area contributed by atoms with E-state index in [1.165, 1.54) is 0 Å². The average molecular weight is 293 g/mol. The third-order valence-electron chi connectivity index (χ3n) is 3.63. The zero-order chi connectivity index (χ0) is 16.0. The van der Waals surface area contributed by atoms with E-state index < -0.39 is 0 Å². The summed E-state index contributed by atoms with van der Waals surface area (Å²) in [4.78, 5) is 14.8. The highest BCUT2D eigenvalue weighted by molar-refractivity contribution is 5.94. The largest absolute Gasteiger partial charge is 0.397 e. The number of amides is 1. The molecule has 0 atom stereocenters. The first-order valence-electron chi connectivity index (χ1n) is 7.47. The van der Waals surface area contributed by atoms with Gasteiger partial charge in [-0.25, -0.2) is 0 Å². The Morgan fingerprint density at radius 1 is 1.24 bits per heavy atom. The quantitative estimate of drug-likeness (QED) is 0.912. The molecule has 1 aliphatic heterocycles. The second kappa shape index (κ2) is 5.05. The third-order valence-corrected chi connectivity index (χ3v) is 3.63. The van der Waals surface area contributed by atoms with Gasteiger partial charge in [0.05, 0.1) is 16.9 Å². The number of morpholine rings is 1. The number of anilines is 1. The molecule has 118 valence electrons. The van der Waals surface area contributed by atoms with Crippen molar-refractivity contribution in [3.63, 3.8) is 0 Å². The van der Waals surface area contributed by atoms with Crippen molar-refractivity contribution < 1.29 is 9.53 Å². The van der Waals surface area contributed by atoms with Crippen LogP contribution in [0.5, 0.6) is 0 Å². The first kappa shape index (κ1) is 15.9. The Bertz CT molecular complexity index is 528. The van der Waals surface area contributed by atoms with Gasteiger partial charge in [-0.1, -0.05) is 0 Å². The summed E-state index contributed by atoms with van der Waals surface area (Å²) in [5, 5.41) is 0. The topological polar surface area (TPSA) is 60.5 Å². The van der Waals surface area contributed by atoms with Crippen molar-refractivity contribution in [3.05, 3.63) is 18.0 Å². The number of nitrogen functional groups attached to an aromatic ring is 1. The van der Waals surface area contributed by atoms with Gasteiger partial charge >= 0.3 is 0 Å². The maximum absolute atomic E-state index is 12.9.